The largest absolute Gasteiger partial charge is 0.480 e. The van der Waals surface area contributed by atoms with Crippen molar-refractivity contribution in [2.45, 2.75) is 187 Å². The van der Waals surface area contributed by atoms with Gasteiger partial charge in [0, 0.05) is 13.3 Å². The van der Waals surface area contributed by atoms with Crippen LogP contribution in [0.4, 0.5) is 0 Å². The summed E-state index contributed by atoms with van der Waals surface area (Å²) in [5, 5.41) is 21.2. The van der Waals surface area contributed by atoms with Gasteiger partial charge in [-0.2, -0.15) is 0 Å². The van der Waals surface area contributed by atoms with E-state index in [4.69, 9.17) is 0 Å². The maximum absolute atomic E-state index is 12.2. The van der Waals surface area contributed by atoms with Crippen LogP contribution in [-0.4, -0.2) is 64.9 Å². The normalized spacial score (nSPS) is 14.0. The van der Waals surface area contributed by atoms with Crippen molar-refractivity contribution in [2.24, 2.45) is 0 Å². The number of carbonyl (C=O) groups excluding carboxylic acids is 2. The number of rotatable bonds is 35. The molecule has 0 rings (SSSR count). The Balaban J connectivity index is 3.63. The molecule has 47 heavy (non-hydrogen) atoms. The minimum Gasteiger partial charge on any atom is -0.480 e. The second-order valence-corrected chi connectivity index (χ2v) is 14.3. The topological polar surface area (TPSA) is 169 Å². The van der Waals surface area contributed by atoms with E-state index in [2.05, 4.69) is 26.0 Å². The van der Waals surface area contributed by atoms with Crippen LogP contribution in [0.3, 0.4) is 0 Å². The molecule has 0 aromatic rings. The number of nitrogens with one attached hydrogen (secondary N) is 1. The lowest BCUT2D eigenvalue weighted by Crippen LogP contribution is -2.43. The van der Waals surface area contributed by atoms with Crippen LogP contribution >= 0.6 is 7.82 Å². The minimum atomic E-state index is -4.71. The van der Waals surface area contributed by atoms with Gasteiger partial charge in [-0.1, -0.05) is 155 Å². The van der Waals surface area contributed by atoms with Crippen molar-refractivity contribution in [3.63, 3.8) is 0 Å². The Bertz CT molecular complexity index is 828. The van der Waals surface area contributed by atoms with Crippen LogP contribution in [0.2, 0.25) is 0 Å². The van der Waals surface area contributed by atoms with Gasteiger partial charge >= 0.3 is 19.8 Å². The van der Waals surface area contributed by atoms with Gasteiger partial charge in [0.25, 0.3) is 0 Å². The molecule has 0 aliphatic heterocycles. The molecular weight excluding hydrogens is 625 g/mol. The first-order valence-corrected chi connectivity index (χ1v) is 20.0. The van der Waals surface area contributed by atoms with E-state index in [1.165, 1.54) is 128 Å². The van der Waals surface area contributed by atoms with E-state index in [-0.39, 0.29) is 6.42 Å². The average molecular weight is 694 g/mol. The highest BCUT2D eigenvalue weighted by Gasteiger charge is 2.28. The predicted octanol–water partition coefficient (Wildman–Crippen LogP) is 8.39. The standard InChI is InChI=1S/C35H68NO10P/c1-3-4-5-6-7-8-9-10-11-12-13-14-15-16-17-18-19-20-21-22-23-24-25-26-27-34(39)36-33(35(40)41)30-46-47(42,43)45-29-32(38)28-44-31(2)37/h32-33,38H,3-30H2,1-2H3,(H,36,39)(H,40,41)(H,42,43). The molecule has 4 N–H and O–H groups in total. The molecule has 1 amide bonds. The third kappa shape index (κ3) is 32.8. The zero-order chi connectivity index (χ0) is 35.0. The smallest absolute Gasteiger partial charge is 0.472 e. The molecule has 11 nitrogen and oxygen atoms in total. The van der Waals surface area contributed by atoms with Gasteiger partial charge in [0.05, 0.1) is 13.2 Å². The van der Waals surface area contributed by atoms with E-state index >= 15 is 0 Å². The molecule has 0 heterocycles. The molecule has 12 heteroatoms. The Labute approximate surface area is 284 Å². The number of aliphatic hydroxyl groups is 1. The predicted molar refractivity (Wildman–Crippen MR) is 185 cm³/mol. The SMILES string of the molecule is CCCCCCCCCCCCCCCCCCCCCCCCCCC(=O)NC(COP(=O)(O)OCC(O)COC(C)=O)C(=O)O. The summed E-state index contributed by atoms with van der Waals surface area (Å²) < 4.78 is 25.7. The highest BCUT2D eigenvalue weighted by molar-refractivity contribution is 7.47. The monoisotopic (exact) mass is 693 g/mol. The minimum absolute atomic E-state index is 0.151. The van der Waals surface area contributed by atoms with E-state index in [1.54, 1.807) is 0 Å². The van der Waals surface area contributed by atoms with Crippen LogP contribution < -0.4 is 5.32 Å². The number of carboxylic acid groups (broad SMARTS) is 1. The van der Waals surface area contributed by atoms with Crippen LogP contribution in [0.1, 0.15) is 174 Å². The van der Waals surface area contributed by atoms with Crippen molar-refractivity contribution in [1.29, 1.82) is 0 Å². The molecule has 0 aliphatic carbocycles. The van der Waals surface area contributed by atoms with Gasteiger partial charge in [-0.15, -0.1) is 0 Å². The maximum Gasteiger partial charge on any atom is 0.472 e. The molecule has 0 saturated heterocycles. The van der Waals surface area contributed by atoms with E-state index in [0.717, 1.165) is 26.2 Å². The highest BCUT2D eigenvalue weighted by atomic mass is 31.2. The second-order valence-electron chi connectivity index (χ2n) is 12.9. The number of hydrogen-bond donors (Lipinski definition) is 4. The van der Waals surface area contributed by atoms with Crippen molar-refractivity contribution >= 4 is 25.7 Å². The molecule has 0 radical (unpaired) electrons. The van der Waals surface area contributed by atoms with Crippen LogP contribution in [0, 0.1) is 0 Å². The number of esters is 1. The summed E-state index contributed by atoms with van der Waals surface area (Å²) in [6, 6.07) is -1.54. The molecule has 0 aliphatic rings. The number of carboxylic acids is 1. The number of hydrogen-bond acceptors (Lipinski definition) is 8. The Morgan fingerprint density at radius 2 is 0.979 bits per heavy atom. The maximum atomic E-state index is 12.2. The number of phosphoric ester groups is 1. The van der Waals surface area contributed by atoms with Gasteiger partial charge < -0.3 is 25.2 Å². The highest BCUT2D eigenvalue weighted by Crippen LogP contribution is 2.43. The Kier molecular flexibility index (Phi) is 30.7. The quantitative estimate of drug-likeness (QED) is 0.0287. The molecule has 0 aromatic carbocycles. The second kappa shape index (κ2) is 31.7. The van der Waals surface area contributed by atoms with Crippen molar-refractivity contribution in [2.75, 3.05) is 19.8 Å². The third-order valence-corrected chi connectivity index (χ3v) is 9.15. The lowest BCUT2D eigenvalue weighted by molar-refractivity contribution is -0.144. The lowest BCUT2D eigenvalue weighted by atomic mass is 10.0. The van der Waals surface area contributed by atoms with Gasteiger partial charge in [-0.25, -0.2) is 9.36 Å². The molecular formula is C35H68NO10P. The van der Waals surface area contributed by atoms with Gasteiger partial charge in [-0.3, -0.25) is 18.6 Å². The molecule has 3 atom stereocenters. The van der Waals surface area contributed by atoms with Crippen LogP contribution in [0.25, 0.3) is 0 Å². The Morgan fingerprint density at radius 1 is 0.617 bits per heavy atom. The number of ether oxygens (including phenoxy) is 1. The summed E-state index contributed by atoms with van der Waals surface area (Å²) in [5.41, 5.74) is 0. The van der Waals surface area contributed by atoms with Gasteiger partial charge in [-0.05, 0) is 6.42 Å². The van der Waals surface area contributed by atoms with E-state index < -0.39 is 57.6 Å². The number of amides is 1. The summed E-state index contributed by atoms with van der Waals surface area (Å²) in [4.78, 5) is 44.1. The van der Waals surface area contributed by atoms with Crippen molar-refractivity contribution < 1.29 is 47.8 Å². The van der Waals surface area contributed by atoms with Crippen LogP contribution in [0.15, 0.2) is 0 Å². The average Bonchev–Trinajstić information content (AvgIpc) is 3.03. The van der Waals surface area contributed by atoms with Crippen LogP contribution in [-0.2, 0) is 32.7 Å². The molecule has 0 spiro atoms. The fourth-order valence-electron chi connectivity index (χ4n) is 5.34. The molecule has 3 unspecified atom stereocenters. The zero-order valence-electron chi connectivity index (χ0n) is 29.6. The van der Waals surface area contributed by atoms with Gasteiger partial charge in [0.1, 0.15) is 12.7 Å². The first-order chi connectivity index (χ1) is 22.6. The van der Waals surface area contributed by atoms with Crippen LogP contribution in [0.5, 0.6) is 0 Å². The number of unbranched alkanes of at least 4 members (excludes halogenated alkanes) is 23. The van der Waals surface area contributed by atoms with E-state index in [1.807, 2.05) is 0 Å². The first kappa shape index (κ1) is 45.5. The number of aliphatic carboxylic acids is 1. The fraction of sp³-hybridized carbons (Fsp3) is 0.914. The zero-order valence-corrected chi connectivity index (χ0v) is 30.5. The Morgan fingerprint density at radius 3 is 1.34 bits per heavy atom. The first-order valence-electron chi connectivity index (χ1n) is 18.5. The summed E-state index contributed by atoms with van der Waals surface area (Å²) in [6.45, 7) is 1.50. The fourth-order valence-corrected chi connectivity index (χ4v) is 6.11. The molecule has 0 fully saturated rings. The molecule has 0 aromatic heterocycles. The van der Waals surface area contributed by atoms with Crippen molar-refractivity contribution in [3.05, 3.63) is 0 Å². The summed E-state index contributed by atoms with van der Waals surface area (Å²) >= 11 is 0. The third-order valence-electron chi connectivity index (χ3n) is 8.20. The summed E-state index contributed by atoms with van der Waals surface area (Å²) in [5.74, 6) is -2.54. The van der Waals surface area contributed by atoms with E-state index in [9.17, 15) is 34.1 Å². The summed E-state index contributed by atoms with van der Waals surface area (Å²) in [7, 11) is -4.71. The van der Waals surface area contributed by atoms with Gasteiger partial charge in [0.2, 0.25) is 5.91 Å². The number of carbonyl (C=O) groups is 3. The Hall–Kier alpha value is -1.52. The van der Waals surface area contributed by atoms with Crippen molar-refractivity contribution in [3.8, 4) is 0 Å². The number of phosphoric acid groups is 1. The van der Waals surface area contributed by atoms with E-state index in [0.29, 0.717) is 6.42 Å². The summed E-state index contributed by atoms with van der Waals surface area (Å²) in [6.07, 6.45) is 29.8. The molecule has 0 saturated carbocycles. The number of aliphatic hydroxyl groups excluding tert-OH is 1. The lowest BCUT2D eigenvalue weighted by Gasteiger charge is -2.18. The van der Waals surface area contributed by atoms with Gasteiger partial charge in [0.15, 0.2) is 6.04 Å². The van der Waals surface area contributed by atoms with Crippen molar-refractivity contribution in [1.82, 2.24) is 5.32 Å². The molecule has 0 bridgehead atoms. The molecule has 278 valence electrons.